The van der Waals surface area contributed by atoms with Crippen molar-refractivity contribution in [1.82, 2.24) is 19.9 Å². The van der Waals surface area contributed by atoms with E-state index in [9.17, 15) is 14.3 Å². The van der Waals surface area contributed by atoms with Gasteiger partial charge in [0.25, 0.3) is 5.91 Å². The topological polar surface area (TPSA) is 91.5 Å². The van der Waals surface area contributed by atoms with Crippen molar-refractivity contribution in [3.05, 3.63) is 48.4 Å². The Kier molecular flexibility index (Phi) is 5.83. The first-order valence-electron chi connectivity index (χ1n) is 9.50. The molecule has 0 aliphatic rings. The van der Waals surface area contributed by atoms with Gasteiger partial charge in [-0.1, -0.05) is 6.07 Å². The van der Waals surface area contributed by atoms with Gasteiger partial charge >= 0.3 is 0 Å². The average Bonchev–Trinajstić information content (AvgIpc) is 3.10. The summed E-state index contributed by atoms with van der Waals surface area (Å²) < 4.78 is 15.7. The molecule has 0 aliphatic heterocycles. The molecule has 1 amide bonds. The number of aromatic nitrogens is 3. The van der Waals surface area contributed by atoms with Crippen LogP contribution in [0.1, 0.15) is 38.1 Å². The van der Waals surface area contributed by atoms with Gasteiger partial charge < -0.3 is 15.7 Å². The summed E-state index contributed by atoms with van der Waals surface area (Å²) in [4.78, 5) is 17.1. The molecule has 0 saturated heterocycles. The molecule has 154 valence electrons. The van der Waals surface area contributed by atoms with Crippen molar-refractivity contribution >= 4 is 17.1 Å². The van der Waals surface area contributed by atoms with Crippen LogP contribution in [-0.4, -0.2) is 50.0 Å². The Morgan fingerprint density at radius 2 is 2.10 bits per heavy atom. The van der Waals surface area contributed by atoms with Gasteiger partial charge in [0, 0.05) is 24.0 Å². The lowest BCUT2D eigenvalue weighted by molar-refractivity contribution is -0.00177. The molecule has 0 spiro atoms. The fourth-order valence-electron chi connectivity index (χ4n) is 2.87. The first-order valence-corrected chi connectivity index (χ1v) is 9.50. The van der Waals surface area contributed by atoms with Crippen molar-refractivity contribution in [2.75, 3.05) is 11.9 Å². The number of pyridine rings is 1. The number of anilines is 1. The fourth-order valence-corrected chi connectivity index (χ4v) is 2.87. The molecule has 0 bridgehead atoms. The zero-order valence-corrected chi connectivity index (χ0v) is 17.0. The van der Waals surface area contributed by atoms with Gasteiger partial charge in [-0.05, 0) is 45.9 Å². The highest BCUT2D eigenvalue weighted by atomic mass is 19.1. The van der Waals surface area contributed by atoms with Crippen LogP contribution >= 0.6 is 0 Å². The predicted molar refractivity (Wildman–Crippen MR) is 111 cm³/mol. The Morgan fingerprint density at radius 3 is 2.72 bits per heavy atom. The van der Waals surface area contributed by atoms with E-state index in [-0.39, 0.29) is 12.6 Å². The molecule has 29 heavy (non-hydrogen) atoms. The summed E-state index contributed by atoms with van der Waals surface area (Å²) in [5.74, 6) is -0.462. The van der Waals surface area contributed by atoms with Crippen LogP contribution in [0.4, 0.5) is 10.1 Å². The summed E-state index contributed by atoms with van der Waals surface area (Å²) in [5.41, 5.74) is 1.76. The summed E-state index contributed by atoms with van der Waals surface area (Å²) in [5, 5.41) is 19.9. The number of aliphatic hydroxyl groups is 1. The Bertz CT molecular complexity index is 995. The van der Waals surface area contributed by atoms with E-state index in [2.05, 4.69) is 20.7 Å². The maximum atomic E-state index is 14.0. The van der Waals surface area contributed by atoms with Crippen LogP contribution in [0.25, 0.3) is 16.8 Å². The first-order chi connectivity index (χ1) is 13.7. The monoisotopic (exact) mass is 399 g/mol. The standard InChI is InChI=1S/C21H26FN5O2/c1-13(2)26-19-15(20(28)24-11-18(22)21(3,4)29)10-25-27-12-14(9-17(19)27)16-7-5-6-8-23-16/h5-10,12-13,18,26,29H,11H2,1-4H3,(H,24,28). The minimum absolute atomic E-state index is 0.0613. The van der Waals surface area contributed by atoms with E-state index in [1.54, 1.807) is 10.7 Å². The van der Waals surface area contributed by atoms with Crippen molar-refractivity contribution in [2.45, 2.75) is 45.5 Å². The van der Waals surface area contributed by atoms with E-state index in [1.807, 2.05) is 44.3 Å². The van der Waals surface area contributed by atoms with Crippen molar-refractivity contribution in [1.29, 1.82) is 0 Å². The van der Waals surface area contributed by atoms with Gasteiger partial charge in [-0.2, -0.15) is 5.10 Å². The van der Waals surface area contributed by atoms with Gasteiger partial charge in [0.15, 0.2) is 0 Å². The Balaban J connectivity index is 1.97. The maximum absolute atomic E-state index is 14.0. The van der Waals surface area contributed by atoms with E-state index >= 15 is 0 Å². The number of halogens is 1. The van der Waals surface area contributed by atoms with Crippen LogP contribution in [0.3, 0.4) is 0 Å². The molecule has 7 nitrogen and oxygen atoms in total. The minimum atomic E-state index is -1.59. The number of fused-ring (bicyclic) bond motifs is 1. The van der Waals surface area contributed by atoms with Crippen LogP contribution in [0.15, 0.2) is 42.9 Å². The third kappa shape index (κ3) is 4.71. The number of rotatable bonds is 7. The molecule has 0 saturated carbocycles. The highest BCUT2D eigenvalue weighted by molar-refractivity contribution is 6.03. The molecule has 8 heteroatoms. The molecule has 0 fully saturated rings. The minimum Gasteiger partial charge on any atom is -0.387 e. The summed E-state index contributed by atoms with van der Waals surface area (Å²) >= 11 is 0. The van der Waals surface area contributed by atoms with Crippen molar-refractivity contribution in [2.24, 2.45) is 0 Å². The van der Waals surface area contributed by atoms with E-state index in [4.69, 9.17) is 0 Å². The summed E-state index contributed by atoms with van der Waals surface area (Å²) in [6.45, 7) is 6.36. The Labute approximate surface area is 169 Å². The van der Waals surface area contributed by atoms with E-state index in [0.717, 1.165) is 11.3 Å². The molecule has 3 aromatic heterocycles. The third-order valence-electron chi connectivity index (χ3n) is 4.48. The summed E-state index contributed by atoms with van der Waals surface area (Å²) in [6.07, 6.45) is 3.42. The highest BCUT2D eigenvalue weighted by Gasteiger charge is 2.27. The molecule has 3 heterocycles. The molecule has 3 aromatic rings. The predicted octanol–water partition coefficient (Wildman–Crippen LogP) is 3.06. The number of nitrogens with one attached hydrogen (secondary N) is 2. The first kappa shape index (κ1) is 20.7. The molecule has 3 N–H and O–H groups in total. The van der Waals surface area contributed by atoms with E-state index < -0.39 is 17.7 Å². The van der Waals surface area contributed by atoms with Gasteiger partial charge in [-0.25, -0.2) is 8.91 Å². The summed E-state index contributed by atoms with van der Waals surface area (Å²) in [6, 6.07) is 7.62. The maximum Gasteiger partial charge on any atom is 0.255 e. The molecular formula is C21H26FN5O2. The normalized spacial score (nSPS) is 12.9. The number of alkyl halides is 1. The lowest BCUT2D eigenvalue weighted by atomic mass is 10.0. The number of amides is 1. The fraction of sp³-hybridized carbons (Fsp3) is 0.381. The second kappa shape index (κ2) is 8.16. The third-order valence-corrected chi connectivity index (χ3v) is 4.48. The number of nitrogens with zero attached hydrogens (tertiary/aromatic N) is 3. The van der Waals surface area contributed by atoms with Crippen LogP contribution in [0.2, 0.25) is 0 Å². The van der Waals surface area contributed by atoms with Gasteiger partial charge in [0.1, 0.15) is 6.17 Å². The van der Waals surface area contributed by atoms with Crippen LogP contribution in [0.5, 0.6) is 0 Å². The van der Waals surface area contributed by atoms with Crippen molar-refractivity contribution in [3.8, 4) is 11.3 Å². The lowest BCUT2D eigenvalue weighted by Gasteiger charge is -2.23. The second-order valence-electron chi connectivity index (χ2n) is 7.84. The number of hydrogen-bond acceptors (Lipinski definition) is 5. The highest BCUT2D eigenvalue weighted by Crippen LogP contribution is 2.28. The smallest absolute Gasteiger partial charge is 0.255 e. The Hall–Kier alpha value is -3.00. The Morgan fingerprint density at radius 1 is 1.34 bits per heavy atom. The molecule has 1 atom stereocenters. The second-order valence-corrected chi connectivity index (χ2v) is 7.84. The van der Waals surface area contributed by atoms with Gasteiger partial charge in [-0.15, -0.1) is 0 Å². The SMILES string of the molecule is CC(C)Nc1c(C(=O)NCC(F)C(C)(C)O)cnn2cc(-c3ccccn3)cc12. The average molecular weight is 399 g/mol. The van der Waals surface area contributed by atoms with Crippen molar-refractivity contribution < 1.29 is 14.3 Å². The van der Waals surface area contributed by atoms with Gasteiger partial charge in [0.2, 0.25) is 0 Å². The summed E-state index contributed by atoms with van der Waals surface area (Å²) in [7, 11) is 0. The molecular weight excluding hydrogens is 373 g/mol. The van der Waals surface area contributed by atoms with Crippen LogP contribution in [-0.2, 0) is 0 Å². The van der Waals surface area contributed by atoms with Gasteiger partial charge in [-0.3, -0.25) is 9.78 Å². The largest absolute Gasteiger partial charge is 0.387 e. The molecule has 0 aromatic carbocycles. The van der Waals surface area contributed by atoms with E-state index in [0.29, 0.717) is 16.8 Å². The molecule has 1 unspecified atom stereocenters. The van der Waals surface area contributed by atoms with Gasteiger partial charge in [0.05, 0.1) is 40.8 Å². The van der Waals surface area contributed by atoms with Crippen LogP contribution in [0, 0.1) is 0 Å². The molecule has 0 aliphatic carbocycles. The number of carbonyl (C=O) groups excluding carboxylic acids is 1. The van der Waals surface area contributed by atoms with Crippen LogP contribution < -0.4 is 10.6 Å². The molecule has 0 radical (unpaired) electrons. The zero-order chi connectivity index (χ0) is 21.2. The number of hydrogen-bond donors (Lipinski definition) is 3. The van der Waals surface area contributed by atoms with Crippen molar-refractivity contribution in [3.63, 3.8) is 0 Å². The quantitative estimate of drug-likeness (QED) is 0.568. The molecule has 3 rings (SSSR count). The van der Waals surface area contributed by atoms with E-state index in [1.165, 1.54) is 20.0 Å². The lowest BCUT2D eigenvalue weighted by Crippen LogP contribution is -2.42. The number of carbonyl (C=O) groups is 1. The zero-order valence-electron chi connectivity index (χ0n) is 17.0.